The topological polar surface area (TPSA) is 64.4 Å². The fraction of sp³-hybridized carbons (Fsp3) is 0.348. The highest BCUT2D eigenvalue weighted by Crippen LogP contribution is 2.28. The van der Waals surface area contributed by atoms with Gasteiger partial charge in [-0.15, -0.1) is 0 Å². The molecule has 1 aromatic heterocycles. The molecule has 0 saturated heterocycles. The molecular formula is C23H23ClF3N3O3. The Kier molecular flexibility index (Phi) is 7.02. The minimum Gasteiger partial charge on any atom is -0.443 e. The number of aromatic nitrogens is 2. The van der Waals surface area contributed by atoms with E-state index < -0.39 is 35.1 Å². The second kappa shape index (κ2) is 9.43. The van der Waals surface area contributed by atoms with Crippen LogP contribution in [0.25, 0.3) is 16.6 Å². The van der Waals surface area contributed by atoms with Crippen LogP contribution in [-0.2, 0) is 4.74 Å². The highest BCUT2D eigenvalue weighted by molar-refractivity contribution is 6.35. The average Bonchev–Trinajstić information content (AvgIpc) is 2.69. The van der Waals surface area contributed by atoms with Gasteiger partial charge < -0.3 is 4.74 Å². The minimum atomic E-state index is -2.98. The molecule has 0 radical (unpaired) electrons. The van der Waals surface area contributed by atoms with Crippen LogP contribution in [0.5, 0.6) is 0 Å². The quantitative estimate of drug-likeness (QED) is 0.431. The van der Waals surface area contributed by atoms with Gasteiger partial charge in [0.15, 0.2) is 0 Å². The molecule has 0 aliphatic rings. The standard InChI is InChI=1S/C23H23ClF3N3O3/c1-5-9-29(22(32)33-23(2,3)4)21-28-17-8-6-7-16(24)18(17)20(31)30(21)15-11-13(19(26)27)10-14(25)12-15/h6-8,10-12,19H,5,9H2,1-4H3. The van der Waals surface area contributed by atoms with Crippen molar-refractivity contribution in [3.05, 3.63) is 63.2 Å². The van der Waals surface area contributed by atoms with Crippen molar-refractivity contribution >= 4 is 34.5 Å². The third-order valence-electron chi connectivity index (χ3n) is 4.55. The number of hydrogen-bond acceptors (Lipinski definition) is 4. The molecule has 0 N–H and O–H groups in total. The molecular weight excluding hydrogens is 459 g/mol. The van der Waals surface area contributed by atoms with Gasteiger partial charge in [0, 0.05) is 12.1 Å². The van der Waals surface area contributed by atoms with Crippen molar-refractivity contribution in [1.29, 1.82) is 0 Å². The molecule has 10 heteroatoms. The van der Waals surface area contributed by atoms with E-state index in [2.05, 4.69) is 4.98 Å². The summed E-state index contributed by atoms with van der Waals surface area (Å²) in [6.45, 7) is 6.94. The van der Waals surface area contributed by atoms with E-state index in [9.17, 15) is 22.8 Å². The summed E-state index contributed by atoms with van der Waals surface area (Å²) in [5, 5.41) is 0.0847. The summed E-state index contributed by atoms with van der Waals surface area (Å²) in [4.78, 5) is 32.1. The van der Waals surface area contributed by atoms with Gasteiger partial charge in [-0.2, -0.15) is 0 Å². The number of rotatable bonds is 5. The maximum Gasteiger partial charge on any atom is 0.417 e. The van der Waals surface area contributed by atoms with Crippen LogP contribution in [0.1, 0.15) is 46.1 Å². The number of alkyl halides is 2. The molecule has 0 unspecified atom stereocenters. The second-order valence-electron chi connectivity index (χ2n) is 8.36. The Labute approximate surface area is 193 Å². The molecule has 1 amide bonds. The van der Waals surface area contributed by atoms with E-state index in [4.69, 9.17) is 16.3 Å². The maximum atomic E-state index is 14.3. The summed E-state index contributed by atoms with van der Waals surface area (Å²) in [5.74, 6) is -1.17. The number of nitrogens with zero attached hydrogens (tertiary/aromatic N) is 3. The number of carbonyl (C=O) groups is 1. The average molecular weight is 482 g/mol. The van der Waals surface area contributed by atoms with E-state index in [1.807, 2.05) is 0 Å². The van der Waals surface area contributed by atoms with Gasteiger partial charge in [-0.05, 0) is 57.5 Å². The molecule has 2 aromatic carbocycles. The predicted octanol–water partition coefficient (Wildman–Crippen LogP) is 6.27. The van der Waals surface area contributed by atoms with E-state index >= 15 is 0 Å². The van der Waals surface area contributed by atoms with Crippen molar-refractivity contribution < 1.29 is 22.7 Å². The minimum absolute atomic E-state index is 0.00594. The van der Waals surface area contributed by atoms with Gasteiger partial charge in [-0.1, -0.05) is 24.6 Å². The first-order valence-corrected chi connectivity index (χ1v) is 10.6. The molecule has 3 aromatic rings. The van der Waals surface area contributed by atoms with Gasteiger partial charge in [0.2, 0.25) is 5.95 Å². The summed E-state index contributed by atoms with van der Waals surface area (Å²) in [6, 6.07) is 7.16. The number of fused-ring (bicyclic) bond motifs is 1. The lowest BCUT2D eigenvalue weighted by Crippen LogP contribution is -2.41. The lowest BCUT2D eigenvalue weighted by Gasteiger charge is -2.28. The molecule has 0 atom stereocenters. The van der Waals surface area contributed by atoms with Crippen LogP contribution in [0.3, 0.4) is 0 Å². The summed E-state index contributed by atoms with van der Waals surface area (Å²) in [5.41, 5.74) is -2.24. The highest BCUT2D eigenvalue weighted by Gasteiger charge is 2.28. The van der Waals surface area contributed by atoms with Crippen molar-refractivity contribution in [1.82, 2.24) is 9.55 Å². The fourth-order valence-electron chi connectivity index (χ4n) is 3.26. The first-order valence-electron chi connectivity index (χ1n) is 10.2. The third kappa shape index (κ3) is 5.30. The van der Waals surface area contributed by atoms with E-state index in [0.29, 0.717) is 12.5 Å². The van der Waals surface area contributed by atoms with Gasteiger partial charge in [-0.3, -0.25) is 4.79 Å². The van der Waals surface area contributed by atoms with Crippen LogP contribution in [0.15, 0.2) is 41.2 Å². The summed E-state index contributed by atoms with van der Waals surface area (Å²) >= 11 is 6.22. The van der Waals surface area contributed by atoms with Crippen LogP contribution in [-0.4, -0.2) is 27.8 Å². The van der Waals surface area contributed by atoms with Crippen molar-refractivity contribution in [3.63, 3.8) is 0 Å². The molecule has 0 saturated carbocycles. The second-order valence-corrected chi connectivity index (χ2v) is 8.77. The van der Waals surface area contributed by atoms with Crippen LogP contribution < -0.4 is 10.5 Å². The number of carbonyl (C=O) groups excluding carboxylic acids is 1. The smallest absolute Gasteiger partial charge is 0.417 e. The van der Waals surface area contributed by atoms with E-state index in [0.717, 1.165) is 21.6 Å². The summed E-state index contributed by atoms with van der Waals surface area (Å²) < 4.78 is 47.4. The Morgan fingerprint density at radius 2 is 1.94 bits per heavy atom. The Morgan fingerprint density at radius 3 is 2.55 bits per heavy atom. The van der Waals surface area contributed by atoms with Gasteiger partial charge in [0.25, 0.3) is 12.0 Å². The van der Waals surface area contributed by atoms with Gasteiger partial charge >= 0.3 is 6.09 Å². The molecule has 0 fully saturated rings. The number of benzene rings is 2. The highest BCUT2D eigenvalue weighted by atomic mass is 35.5. The summed E-state index contributed by atoms with van der Waals surface area (Å²) in [6.07, 6.45) is -3.31. The molecule has 176 valence electrons. The number of halogens is 4. The molecule has 3 rings (SSSR count). The number of anilines is 1. The number of ether oxygens (including phenoxy) is 1. The zero-order chi connectivity index (χ0) is 24.5. The van der Waals surface area contributed by atoms with Crippen molar-refractivity contribution in [2.24, 2.45) is 0 Å². The van der Waals surface area contributed by atoms with E-state index in [-0.39, 0.29) is 34.1 Å². The van der Waals surface area contributed by atoms with E-state index in [1.165, 1.54) is 12.1 Å². The molecule has 0 bridgehead atoms. The SMILES string of the molecule is CCCN(C(=O)OC(C)(C)C)c1nc2cccc(Cl)c2c(=O)n1-c1cc(F)cc(C(F)F)c1. The van der Waals surface area contributed by atoms with Crippen molar-refractivity contribution in [2.75, 3.05) is 11.4 Å². The Bertz CT molecular complexity index is 1260. The van der Waals surface area contributed by atoms with Crippen LogP contribution >= 0.6 is 11.6 Å². The molecule has 6 nitrogen and oxygen atoms in total. The normalized spacial score (nSPS) is 11.8. The molecule has 33 heavy (non-hydrogen) atoms. The van der Waals surface area contributed by atoms with Crippen molar-refractivity contribution in [2.45, 2.75) is 46.1 Å². The molecule has 0 aliphatic heterocycles. The first kappa shape index (κ1) is 24.6. The Morgan fingerprint density at radius 1 is 1.24 bits per heavy atom. The third-order valence-corrected chi connectivity index (χ3v) is 4.86. The van der Waals surface area contributed by atoms with Gasteiger partial charge in [0.1, 0.15) is 11.4 Å². The van der Waals surface area contributed by atoms with E-state index in [1.54, 1.807) is 33.8 Å². The lowest BCUT2D eigenvalue weighted by molar-refractivity contribution is 0.0577. The largest absolute Gasteiger partial charge is 0.443 e. The zero-order valence-electron chi connectivity index (χ0n) is 18.5. The van der Waals surface area contributed by atoms with Crippen molar-refractivity contribution in [3.8, 4) is 5.69 Å². The van der Waals surface area contributed by atoms with Crippen LogP contribution in [0, 0.1) is 5.82 Å². The van der Waals surface area contributed by atoms with Gasteiger partial charge in [-0.25, -0.2) is 32.4 Å². The Balaban J connectivity index is 2.39. The zero-order valence-corrected chi connectivity index (χ0v) is 19.3. The Hall–Kier alpha value is -3.07. The molecule has 0 spiro atoms. The fourth-order valence-corrected chi connectivity index (χ4v) is 3.51. The van der Waals surface area contributed by atoms with Gasteiger partial charge in [0.05, 0.1) is 21.6 Å². The van der Waals surface area contributed by atoms with Crippen LogP contribution in [0.4, 0.5) is 23.9 Å². The predicted molar refractivity (Wildman–Crippen MR) is 121 cm³/mol. The maximum absolute atomic E-state index is 14.3. The molecule has 0 aliphatic carbocycles. The lowest BCUT2D eigenvalue weighted by atomic mass is 10.2. The summed E-state index contributed by atoms with van der Waals surface area (Å²) in [7, 11) is 0. The van der Waals surface area contributed by atoms with Crippen LogP contribution in [0.2, 0.25) is 5.02 Å². The number of amides is 1. The number of hydrogen-bond donors (Lipinski definition) is 0. The monoisotopic (exact) mass is 481 g/mol. The molecule has 1 heterocycles. The first-order chi connectivity index (χ1) is 15.4.